The van der Waals surface area contributed by atoms with Crippen LogP contribution in [0, 0.1) is 40.8 Å². The summed E-state index contributed by atoms with van der Waals surface area (Å²) in [5, 5.41) is 8.88. The molecule has 1 aromatic carbocycles. The lowest BCUT2D eigenvalue weighted by molar-refractivity contribution is 0.168. The minimum absolute atomic E-state index is 0.152. The van der Waals surface area contributed by atoms with Gasteiger partial charge in [0, 0.05) is 5.92 Å². The van der Waals surface area contributed by atoms with E-state index in [1.807, 2.05) is 12.1 Å². The average molecular weight is 355 g/mol. The van der Waals surface area contributed by atoms with Crippen molar-refractivity contribution in [3.63, 3.8) is 0 Å². The maximum atomic E-state index is 13.9. The highest BCUT2D eigenvalue weighted by molar-refractivity contribution is 5.39. The molecular weight excluding hydrogens is 321 g/mol. The number of hydrogen-bond donors (Lipinski definition) is 0. The first-order valence-electron chi connectivity index (χ1n) is 10.8. The smallest absolute Gasteiger partial charge is 0.141 e. The fourth-order valence-electron chi connectivity index (χ4n) is 5.21. The molecule has 0 bridgehead atoms. The van der Waals surface area contributed by atoms with E-state index in [0.717, 1.165) is 36.2 Å². The summed E-state index contributed by atoms with van der Waals surface area (Å²) in [6.45, 7) is 2.29. The van der Waals surface area contributed by atoms with Crippen molar-refractivity contribution >= 4 is 0 Å². The second-order valence-corrected chi connectivity index (χ2v) is 8.52. The minimum atomic E-state index is -0.374. The first-order chi connectivity index (χ1) is 12.7. The highest BCUT2D eigenvalue weighted by atomic mass is 19.1. The van der Waals surface area contributed by atoms with Crippen LogP contribution in [-0.4, -0.2) is 0 Å². The van der Waals surface area contributed by atoms with Crippen molar-refractivity contribution in [3.05, 3.63) is 41.1 Å². The third-order valence-corrected chi connectivity index (χ3v) is 6.91. The molecule has 2 saturated carbocycles. The first kappa shape index (κ1) is 19.4. The van der Waals surface area contributed by atoms with Gasteiger partial charge in [0.05, 0.1) is 5.56 Å². The van der Waals surface area contributed by atoms with E-state index in [-0.39, 0.29) is 11.4 Å². The Kier molecular flexibility index (Phi) is 7.12. The highest BCUT2D eigenvalue weighted by Crippen LogP contribution is 2.44. The van der Waals surface area contributed by atoms with Gasteiger partial charge in [-0.1, -0.05) is 51.5 Å². The van der Waals surface area contributed by atoms with Gasteiger partial charge >= 0.3 is 0 Å². The zero-order chi connectivity index (χ0) is 18.4. The van der Waals surface area contributed by atoms with Crippen LogP contribution in [0.4, 0.5) is 4.39 Å². The van der Waals surface area contributed by atoms with Gasteiger partial charge in [-0.3, -0.25) is 0 Å². The SMILES string of the molecule is CCCCCC1CCC(C2CC[C](c3ccc(C#N)c(F)c3)CC2)CC1. The molecule has 2 heteroatoms. The Labute approximate surface area is 159 Å². The maximum absolute atomic E-state index is 13.9. The molecule has 0 unspecified atom stereocenters. The van der Waals surface area contributed by atoms with Crippen molar-refractivity contribution in [2.24, 2.45) is 17.8 Å². The third kappa shape index (κ3) is 4.87. The number of nitriles is 1. The number of halogens is 1. The lowest BCUT2D eigenvalue weighted by Gasteiger charge is -2.38. The van der Waals surface area contributed by atoms with E-state index in [0.29, 0.717) is 0 Å². The molecule has 0 N–H and O–H groups in total. The van der Waals surface area contributed by atoms with Crippen molar-refractivity contribution in [3.8, 4) is 6.07 Å². The standard InChI is InChI=1S/C24H33FN/c1-2-3-4-5-18-6-8-19(9-7-18)20-10-12-21(13-11-20)22-14-15-23(17-26)24(25)16-22/h14-16,18-20H,2-13H2,1H3. The fourth-order valence-corrected chi connectivity index (χ4v) is 5.21. The Hall–Kier alpha value is -1.36. The van der Waals surface area contributed by atoms with E-state index in [4.69, 9.17) is 5.26 Å². The molecule has 2 aliphatic carbocycles. The summed E-state index contributed by atoms with van der Waals surface area (Å²) in [5.74, 6) is 3.80. The maximum Gasteiger partial charge on any atom is 0.141 e. The summed E-state index contributed by atoms with van der Waals surface area (Å²) in [7, 11) is 0. The van der Waals surface area contributed by atoms with Gasteiger partial charge < -0.3 is 0 Å². The van der Waals surface area contributed by atoms with Crippen molar-refractivity contribution in [2.75, 3.05) is 0 Å². The molecule has 0 aliphatic heterocycles. The highest BCUT2D eigenvalue weighted by Gasteiger charge is 2.31. The van der Waals surface area contributed by atoms with Gasteiger partial charge in [0.15, 0.2) is 0 Å². The van der Waals surface area contributed by atoms with Crippen molar-refractivity contribution < 1.29 is 4.39 Å². The molecule has 2 fully saturated rings. The zero-order valence-corrected chi connectivity index (χ0v) is 16.3. The summed E-state index contributed by atoms with van der Waals surface area (Å²) in [6, 6.07) is 7.03. The van der Waals surface area contributed by atoms with Crippen LogP contribution < -0.4 is 0 Å². The molecule has 0 spiro atoms. The molecule has 1 aromatic rings. The van der Waals surface area contributed by atoms with E-state index in [1.54, 1.807) is 12.1 Å². The Balaban J connectivity index is 1.44. The van der Waals surface area contributed by atoms with Gasteiger partial charge in [-0.15, -0.1) is 0 Å². The van der Waals surface area contributed by atoms with Crippen molar-refractivity contribution in [1.82, 2.24) is 0 Å². The Bertz CT molecular complexity index is 601. The van der Waals surface area contributed by atoms with Gasteiger partial charge in [0.1, 0.15) is 11.9 Å². The van der Waals surface area contributed by atoms with E-state index in [2.05, 4.69) is 6.92 Å². The minimum Gasteiger partial charge on any atom is -0.206 e. The molecule has 2 aliphatic rings. The largest absolute Gasteiger partial charge is 0.206 e. The average Bonchev–Trinajstić information content (AvgIpc) is 2.69. The molecule has 0 saturated heterocycles. The summed E-state index contributed by atoms with van der Waals surface area (Å²) in [6.07, 6.45) is 16.1. The number of nitrogens with zero attached hydrogens (tertiary/aromatic N) is 1. The summed E-state index contributed by atoms with van der Waals surface area (Å²) < 4.78 is 13.9. The summed E-state index contributed by atoms with van der Waals surface area (Å²) >= 11 is 0. The topological polar surface area (TPSA) is 23.8 Å². The number of hydrogen-bond acceptors (Lipinski definition) is 1. The second kappa shape index (κ2) is 9.54. The fraction of sp³-hybridized carbons (Fsp3) is 0.667. The molecular formula is C24H33FN. The van der Waals surface area contributed by atoms with E-state index >= 15 is 0 Å². The lowest BCUT2D eigenvalue weighted by Crippen LogP contribution is -2.25. The van der Waals surface area contributed by atoms with Crippen LogP contribution in [0.5, 0.6) is 0 Å². The summed E-state index contributed by atoms with van der Waals surface area (Å²) in [5.41, 5.74) is 1.17. The normalized spacial score (nSPS) is 25.1. The van der Waals surface area contributed by atoms with Crippen molar-refractivity contribution in [1.29, 1.82) is 5.26 Å². The van der Waals surface area contributed by atoms with Crippen LogP contribution in [0.1, 0.15) is 95.1 Å². The molecule has 1 radical (unpaired) electrons. The lowest BCUT2D eigenvalue weighted by atomic mass is 9.68. The Morgan fingerprint density at radius 3 is 2.31 bits per heavy atom. The summed E-state index contributed by atoms with van der Waals surface area (Å²) in [4.78, 5) is 0. The van der Waals surface area contributed by atoms with Crippen LogP contribution in [0.3, 0.4) is 0 Å². The van der Waals surface area contributed by atoms with Crippen LogP contribution >= 0.6 is 0 Å². The molecule has 0 aromatic heterocycles. The molecule has 0 heterocycles. The number of benzene rings is 1. The Morgan fingerprint density at radius 1 is 1.00 bits per heavy atom. The predicted molar refractivity (Wildman–Crippen MR) is 105 cm³/mol. The van der Waals surface area contributed by atoms with E-state index in [1.165, 1.54) is 70.1 Å². The van der Waals surface area contributed by atoms with Gasteiger partial charge in [0.25, 0.3) is 0 Å². The van der Waals surface area contributed by atoms with Gasteiger partial charge in [-0.2, -0.15) is 5.26 Å². The van der Waals surface area contributed by atoms with Crippen molar-refractivity contribution in [2.45, 2.75) is 84.0 Å². The van der Waals surface area contributed by atoms with Gasteiger partial charge in [0.2, 0.25) is 0 Å². The second-order valence-electron chi connectivity index (χ2n) is 8.52. The third-order valence-electron chi connectivity index (χ3n) is 6.91. The predicted octanol–water partition coefficient (Wildman–Crippen LogP) is 7.20. The monoisotopic (exact) mass is 354 g/mol. The molecule has 3 rings (SSSR count). The quantitative estimate of drug-likeness (QED) is 0.496. The van der Waals surface area contributed by atoms with Crippen LogP contribution in [0.25, 0.3) is 0 Å². The number of rotatable bonds is 6. The molecule has 141 valence electrons. The molecule has 0 amide bonds. The van der Waals surface area contributed by atoms with E-state index < -0.39 is 0 Å². The molecule has 1 nitrogen and oxygen atoms in total. The molecule has 26 heavy (non-hydrogen) atoms. The number of unbranched alkanes of at least 4 members (excludes halogenated alkanes) is 2. The Morgan fingerprint density at radius 2 is 1.69 bits per heavy atom. The van der Waals surface area contributed by atoms with Gasteiger partial charge in [-0.25, -0.2) is 4.39 Å². The van der Waals surface area contributed by atoms with Gasteiger partial charge in [-0.05, 0) is 74.0 Å². The van der Waals surface area contributed by atoms with E-state index in [9.17, 15) is 4.39 Å². The van der Waals surface area contributed by atoms with Crippen LogP contribution in [0.15, 0.2) is 18.2 Å². The first-order valence-corrected chi connectivity index (χ1v) is 10.8. The van der Waals surface area contributed by atoms with Crippen LogP contribution in [0.2, 0.25) is 0 Å². The van der Waals surface area contributed by atoms with Crippen LogP contribution in [-0.2, 0) is 0 Å². The zero-order valence-electron chi connectivity index (χ0n) is 16.3. The molecule has 0 atom stereocenters.